The van der Waals surface area contributed by atoms with Crippen molar-refractivity contribution in [3.63, 3.8) is 0 Å². The third-order valence-corrected chi connectivity index (χ3v) is 5.37. The third-order valence-electron chi connectivity index (χ3n) is 3.44. The second-order valence-corrected chi connectivity index (χ2v) is 7.10. The summed E-state index contributed by atoms with van der Waals surface area (Å²) in [6.45, 7) is 4.57. The Hall–Kier alpha value is -1.11. The topological polar surface area (TPSA) is 72.6 Å². The summed E-state index contributed by atoms with van der Waals surface area (Å²) in [6.07, 6.45) is 0.679. The van der Waals surface area contributed by atoms with Gasteiger partial charge in [-0.25, -0.2) is 8.42 Å². The summed E-state index contributed by atoms with van der Waals surface area (Å²) in [6, 6.07) is 7.10. The number of nitrogens with zero attached hydrogens (tertiary/aromatic N) is 1. The van der Waals surface area contributed by atoms with E-state index in [2.05, 4.69) is 4.90 Å². The van der Waals surface area contributed by atoms with E-state index in [0.717, 1.165) is 18.8 Å². The van der Waals surface area contributed by atoms with Crippen molar-refractivity contribution in [1.29, 1.82) is 0 Å². The molecule has 0 aliphatic carbocycles. The van der Waals surface area contributed by atoms with Gasteiger partial charge in [-0.15, -0.1) is 0 Å². The first kappa shape index (κ1) is 15.3. The maximum Gasteiger partial charge on any atom is 0.178 e. The minimum absolute atomic E-state index is 0.0484. The predicted molar refractivity (Wildman–Crippen MR) is 79.8 cm³/mol. The Kier molecular flexibility index (Phi) is 5.01. The van der Waals surface area contributed by atoms with Crippen LogP contribution in [0.4, 0.5) is 5.69 Å². The summed E-state index contributed by atoms with van der Waals surface area (Å²) in [4.78, 5) is 2.57. The van der Waals surface area contributed by atoms with Crippen LogP contribution < -0.4 is 10.6 Å². The number of ether oxygens (including phenoxy) is 1. The largest absolute Gasteiger partial charge is 0.373 e. The molecule has 0 aromatic heterocycles. The van der Waals surface area contributed by atoms with Crippen molar-refractivity contribution in [1.82, 2.24) is 0 Å². The Bertz CT molecular complexity index is 528. The highest BCUT2D eigenvalue weighted by atomic mass is 32.2. The highest BCUT2D eigenvalue weighted by Gasteiger charge is 2.20. The van der Waals surface area contributed by atoms with Crippen LogP contribution >= 0.6 is 0 Å². The van der Waals surface area contributed by atoms with Gasteiger partial charge >= 0.3 is 0 Å². The molecule has 6 heteroatoms. The lowest BCUT2D eigenvalue weighted by atomic mass is 10.2. The van der Waals surface area contributed by atoms with E-state index in [0.29, 0.717) is 24.5 Å². The molecule has 1 atom stereocenters. The van der Waals surface area contributed by atoms with Gasteiger partial charge in [0.1, 0.15) is 0 Å². The number of nitrogens with two attached hydrogens (primary N) is 1. The van der Waals surface area contributed by atoms with Gasteiger partial charge in [0.25, 0.3) is 0 Å². The number of hydrogen-bond acceptors (Lipinski definition) is 5. The molecule has 112 valence electrons. The van der Waals surface area contributed by atoms with Gasteiger partial charge in [0.05, 0.1) is 23.4 Å². The van der Waals surface area contributed by atoms with Gasteiger partial charge in [-0.2, -0.15) is 0 Å². The van der Waals surface area contributed by atoms with Gasteiger partial charge in [0.15, 0.2) is 9.84 Å². The van der Waals surface area contributed by atoms with E-state index in [-0.39, 0.29) is 11.9 Å². The molecule has 1 unspecified atom stereocenters. The summed E-state index contributed by atoms with van der Waals surface area (Å²) in [7, 11) is -3.14. The first-order valence-corrected chi connectivity index (χ1v) is 8.61. The number of morpholine rings is 1. The molecule has 1 aliphatic heterocycles. The number of sulfone groups is 1. The van der Waals surface area contributed by atoms with E-state index in [9.17, 15) is 8.42 Å². The van der Waals surface area contributed by atoms with E-state index in [1.165, 1.54) is 0 Å². The molecule has 20 heavy (non-hydrogen) atoms. The standard InChI is InChI=1S/C14H22N2O3S/c1-2-9-20(17,18)14-5-3-12(4-6-14)16-7-8-19-13(10-15)11-16/h3-6,13H,2,7-11,15H2,1H3. The van der Waals surface area contributed by atoms with Crippen LogP contribution in [0.25, 0.3) is 0 Å². The molecule has 0 radical (unpaired) electrons. The molecule has 1 aromatic carbocycles. The second-order valence-electron chi connectivity index (χ2n) is 4.99. The molecular formula is C14H22N2O3S. The predicted octanol–water partition coefficient (Wildman–Crippen LogP) is 1.03. The molecule has 0 bridgehead atoms. The fourth-order valence-corrected chi connectivity index (χ4v) is 3.67. The van der Waals surface area contributed by atoms with Crippen LogP contribution in [-0.4, -0.2) is 46.5 Å². The lowest BCUT2D eigenvalue weighted by Crippen LogP contribution is -2.45. The van der Waals surface area contributed by atoms with Crippen molar-refractivity contribution in [2.75, 3.05) is 36.9 Å². The van der Waals surface area contributed by atoms with Crippen molar-refractivity contribution in [3.05, 3.63) is 24.3 Å². The molecule has 0 spiro atoms. The van der Waals surface area contributed by atoms with Crippen molar-refractivity contribution in [3.8, 4) is 0 Å². The summed E-state index contributed by atoms with van der Waals surface area (Å²) < 4.78 is 29.5. The Balaban J connectivity index is 2.12. The van der Waals surface area contributed by atoms with Crippen molar-refractivity contribution >= 4 is 15.5 Å². The summed E-state index contributed by atoms with van der Waals surface area (Å²) in [5.41, 5.74) is 6.64. The fourth-order valence-electron chi connectivity index (χ4n) is 2.35. The van der Waals surface area contributed by atoms with Gasteiger partial charge in [-0.05, 0) is 30.7 Å². The number of anilines is 1. The molecule has 0 amide bonds. The van der Waals surface area contributed by atoms with Gasteiger partial charge in [-0.3, -0.25) is 0 Å². The quantitative estimate of drug-likeness (QED) is 0.879. The van der Waals surface area contributed by atoms with Crippen LogP contribution in [0.15, 0.2) is 29.2 Å². The zero-order valence-corrected chi connectivity index (χ0v) is 12.6. The highest BCUT2D eigenvalue weighted by Crippen LogP contribution is 2.21. The average Bonchev–Trinajstić information content (AvgIpc) is 2.47. The maximum absolute atomic E-state index is 12.0. The third kappa shape index (κ3) is 3.50. The average molecular weight is 298 g/mol. The van der Waals surface area contributed by atoms with Crippen LogP contribution in [0.1, 0.15) is 13.3 Å². The van der Waals surface area contributed by atoms with E-state index in [4.69, 9.17) is 10.5 Å². The van der Waals surface area contributed by atoms with Gasteiger partial charge < -0.3 is 15.4 Å². The lowest BCUT2D eigenvalue weighted by molar-refractivity contribution is 0.0466. The Morgan fingerprint density at radius 1 is 1.35 bits per heavy atom. The van der Waals surface area contributed by atoms with Crippen LogP contribution in [0.2, 0.25) is 0 Å². The van der Waals surface area contributed by atoms with E-state index in [1.54, 1.807) is 12.1 Å². The highest BCUT2D eigenvalue weighted by molar-refractivity contribution is 7.91. The minimum Gasteiger partial charge on any atom is -0.373 e. The van der Waals surface area contributed by atoms with Crippen molar-refractivity contribution in [2.24, 2.45) is 5.73 Å². The molecular weight excluding hydrogens is 276 g/mol. The molecule has 1 aliphatic rings. The van der Waals surface area contributed by atoms with Crippen LogP contribution in [-0.2, 0) is 14.6 Å². The summed E-state index contributed by atoms with van der Waals surface area (Å²) >= 11 is 0. The molecule has 0 saturated carbocycles. The zero-order chi connectivity index (χ0) is 14.6. The summed E-state index contributed by atoms with van der Waals surface area (Å²) in [5.74, 6) is 0.194. The Labute approximate surface area is 120 Å². The molecule has 1 aromatic rings. The summed E-state index contributed by atoms with van der Waals surface area (Å²) in [5, 5.41) is 0. The molecule has 5 nitrogen and oxygen atoms in total. The van der Waals surface area contributed by atoms with Crippen LogP contribution in [0.5, 0.6) is 0 Å². The molecule has 2 rings (SSSR count). The number of rotatable bonds is 5. The van der Waals surface area contributed by atoms with Gasteiger partial charge in [0.2, 0.25) is 0 Å². The van der Waals surface area contributed by atoms with Crippen molar-refractivity contribution < 1.29 is 13.2 Å². The smallest absolute Gasteiger partial charge is 0.178 e. The molecule has 1 fully saturated rings. The van der Waals surface area contributed by atoms with E-state index in [1.807, 2.05) is 19.1 Å². The number of benzene rings is 1. The first-order chi connectivity index (χ1) is 9.56. The van der Waals surface area contributed by atoms with E-state index < -0.39 is 9.84 Å². The van der Waals surface area contributed by atoms with Gasteiger partial charge in [0, 0.05) is 25.3 Å². The molecule has 2 N–H and O–H groups in total. The maximum atomic E-state index is 12.0. The van der Waals surface area contributed by atoms with E-state index >= 15 is 0 Å². The van der Waals surface area contributed by atoms with Crippen LogP contribution in [0.3, 0.4) is 0 Å². The minimum atomic E-state index is -3.14. The van der Waals surface area contributed by atoms with Crippen LogP contribution in [0, 0.1) is 0 Å². The molecule has 1 saturated heterocycles. The number of hydrogen-bond donors (Lipinski definition) is 1. The monoisotopic (exact) mass is 298 g/mol. The SMILES string of the molecule is CCCS(=O)(=O)c1ccc(N2CCOC(CN)C2)cc1. The van der Waals surface area contributed by atoms with Gasteiger partial charge in [-0.1, -0.05) is 6.92 Å². The normalized spacial score (nSPS) is 20.1. The zero-order valence-electron chi connectivity index (χ0n) is 11.8. The first-order valence-electron chi connectivity index (χ1n) is 6.96. The second kappa shape index (κ2) is 6.56. The molecule has 1 heterocycles. The Morgan fingerprint density at radius 3 is 2.65 bits per heavy atom. The fraction of sp³-hybridized carbons (Fsp3) is 0.571. The lowest BCUT2D eigenvalue weighted by Gasteiger charge is -2.34. The van der Waals surface area contributed by atoms with Crippen molar-refractivity contribution in [2.45, 2.75) is 24.3 Å². The Morgan fingerprint density at radius 2 is 2.05 bits per heavy atom.